The van der Waals surface area contributed by atoms with E-state index < -0.39 is 0 Å². The highest BCUT2D eigenvalue weighted by atomic mass is 16.3. The lowest BCUT2D eigenvalue weighted by molar-refractivity contribution is 0.475. The zero-order valence-corrected chi connectivity index (χ0v) is 11.9. The molecule has 4 N–H and O–H groups in total. The van der Waals surface area contributed by atoms with Crippen LogP contribution in [0, 0.1) is 0 Å². The summed E-state index contributed by atoms with van der Waals surface area (Å²) < 4.78 is 0. The standard InChI is InChI=1S/C16H20N4O/c17-8-1-9-18-14-10-19-16(20-15(14)11-2-3-11)12-4-6-13(21)7-5-12/h4-7,10-11,18,21H,1-3,8-9,17H2. The van der Waals surface area contributed by atoms with Crippen LogP contribution < -0.4 is 11.1 Å². The van der Waals surface area contributed by atoms with Gasteiger partial charge in [0.2, 0.25) is 0 Å². The number of rotatable bonds is 6. The van der Waals surface area contributed by atoms with E-state index >= 15 is 0 Å². The van der Waals surface area contributed by atoms with Crippen molar-refractivity contribution in [1.29, 1.82) is 0 Å². The number of aromatic nitrogens is 2. The van der Waals surface area contributed by atoms with Crippen molar-refractivity contribution in [3.05, 3.63) is 36.2 Å². The molecule has 1 aromatic carbocycles. The Bertz CT molecular complexity index is 608. The maximum atomic E-state index is 9.36. The molecule has 0 saturated heterocycles. The summed E-state index contributed by atoms with van der Waals surface area (Å²) in [5.74, 6) is 1.51. The molecule has 0 atom stereocenters. The summed E-state index contributed by atoms with van der Waals surface area (Å²) in [5, 5.41) is 12.7. The topological polar surface area (TPSA) is 84.1 Å². The van der Waals surface area contributed by atoms with Gasteiger partial charge in [0.15, 0.2) is 5.82 Å². The molecule has 1 aliphatic carbocycles. The first-order valence-electron chi connectivity index (χ1n) is 7.38. The van der Waals surface area contributed by atoms with E-state index in [9.17, 15) is 5.11 Å². The maximum Gasteiger partial charge on any atom is 0.159 e. The van der Waals surface area contributed by atoms with Crippen LogP contribution in [0.25, 0.3) is 11.4 Å². The van der Waals surface area contributed by atoms with E-state index in [4.69, 9.17) is 10.7 Å². The highest BCUT2D eigenvalue weighted by Gasteiger charge is 2.28. The van der Waals surface area contributed by atoms with Crippen molar-refractivity contribution in [3.8, 4) is 17.1 Å². The summed E-state index contributed by atoms with van der Waals surface area (Å²) in [4.78, 5) is 9.17. The molecule has 2 aromatic rings. The van der Waals surface area contributed by atoms with Gasteiger partial charge in [0.05, 0.1) is 17.6 Å². The molecule has 1 saturated carbocycles. The van der Waals surface area contributed by atoms with Crippen molar-refractivity contribution in [2.45, 2.75) is 25.2 Å². The molecule has 21 heavy (non-hydrogen) atoms. The number of anilines is 1. The van der Waals surface area contributed by atoms with Gasteiger partial charge in [-0.3, -0.25) is 0 Å². The van der Waals surface area contributed by atoms with Crippen LogP contribution in [0.2, 0.25) is 0 Å². The van der Waals surface area contributed by atoms with E-state index in [1.54, 1.807) is 12.1 Å². The van der Waals surface area contributed by atoms with Crippen LogP contribution in [0.15, 0.2) is 30.5 Å². The Morgan fingerprint density at radius 1 is 1.24 bits per heavy atom. The molecule has 0 aliphatic heterocycles. The third kappa shape index (κ3) is 3.31. The zero-order valence-electron chi connectivity index (χ0n) is 11.9. The van der Waals surface area contributed by atoms with Crippen LogP contribution in [-0.2, 0) is 0 Å². The zero-order chi connectivity index (χ0) is 14.7. The van der Waals surface area contributed by atoms with Crippen molar-refractivity contribution < 1.29 is 5.11 Å². The average Bonchev–Trinajstić information content (AvgIpc) is 3.33. The second-order valence-corrected chi connectivity index (χ2v) is 5.38. The van der Waals surface area contributed by atoms with E-state index in [-0.39, 0.29) is 5.75 Å². The maximum absolute atomic E-state index is 9.36. The molecule has 0 radical (unpaired) electrons. The number of nitrogens with two attached hydrogens (primary N) is 1. The Balaban J connectivity index is 1.86. The fraction of sp³-hybridized carbons (Fsp3) is 0.375. The Morgan fingerprint density at radius 3 is 2.67 bits per heavy atom. The minimum Gasteiger partial charge on any atom is -0.508 e. The molecule has 110 valence electrons. The number of nitrogens with one attached hydrogen (secondary N) is 1. The van der Waals surface area contributed by atoms with Crippen LogP contribution in [0.5, 0.6) is 5.75 Å². The Labute approximate surface area is 124 Å². The summed E-state index contributed by atoms with van der Waals surface area (Å²) >= 11 is 0. The average molecular weight is 284 g/mol. The molecule has 0 unspecified atom stereocenters. The highest BCUT2D eigenvalue weighted by Crippen LogP contribution is 2.42. The van der Waals surface area contributed by atoms with Gasteiger partial charge in [-0.2, -0.15) is 0 Å². The van der Waals surface area contributed by atoms with Crippen LogP contribution in [0.3, 0.4) is 0 Å². The third-order valence-electron chi connectivity index (χ3n) is 3.60. The monoisotopic (exact) mass is 284 g/mol. The fourth-order valence-electron chi connectivity index (χ4n) is 2.27. The molecular formula is C16H20N4O. The van der Waals surface area contributed by atoms with Crippen molar-refractivity contribution in [3.63, 3.8) is 0 Å². The quantitative estimate of drug-likeness (QED) is 0.710. The van der Waals surface area contributed by atoms with E-state index in [0.717, 1.165) is 29.9 Å². The second-order valence-electron chi connectivity index (χ2n) is 5.38. The first-order chi connectivity index (χ1) is 10.3. The van der Waals surface area contributed by atoms with Crippen LogP contribution >= 0.6 is 0 Å². The molecule has 1 heterocycles. The molecule has 5 nitrogen and oxygen atoms in total. The van der Waals surface area contributed by atoms with Gasteiger partial charge < -0.3 is 16.2 Å². The molecule has 5 heteroatoms. The summed E-state index contributed by atoms with van der Waals surface area (Å²) in [6.45, 7) is 1.52. The van der Waals surface area contributed by atoms with E-state index in [2.05, 4.69) is 10.3 Å². The van der Waals surface area contributed by atoms with E-state index in [0.29, 0.717) is 18.3 Å². The van der Waals surface area contributed by atoms with Crippen molar-refractivity contribution in [2.75, 3.05) is 18.4 Å². The van der Waals surface area contributed by atoms with Crippen LogP contribution in [0.1, 0.15) is 30.9 Å². The minimum absolute atomic E-state index is 0.251. The van der Waals surface area contributed by atoms with Gasteiger partial charge in [0.25, 0.3) is 0 Å². The van der Waals surface area contributed by atoms with Gasteiger partial charge in [0.1, 0.15) is 5.75 Å². The summed E-state index contributed by atoms with van der Waals surface area (Å²) in [5.41, 5.74) is 8.57. The molecule has 0 amide bonds. The van der Waals surface area contributed by atoms with Gasteiger partial charge in [-0.25, -0.2) is 9.97 Å². The largest absolute Gasteiger partial charge is 0.508 e. The lowest BCUT2D eigenvalue weighted by Crippen LogP contribution is -2.11. The van der Waals surface area contributed by atoms with E-state index in [1.807, 2.05) is 18.3 Å². The number of benzene rings is 1. The lowest BCUT2D eigenvalue weighted by Gasteiger charge is -2.11. The van der Waals surface area contributed by atoms with Gasteiger partial charge in [-0.1, -0.05) is 0 Å². The van der Waals surface area contributed by atoms with Crippen molar-refractivity contribution >= 4 is 5.69 Å². The molecule has 1 aliphatic rings. The highest BCUT2D eigenvalue weighted by molar-refractivity contribution is 5.60. The van der Waals surface area contributed by atoms with Gasteiger partial charge >= 0.3 is 0 Å². The number of nitrogens with zero attached hydrogens (tertiary/aromatic N) is 2. The Kier molecular flexibility index (Phi) is 4.01. The first kappa shape index (κ1) is 13.8. The Hall–Kier alpha value is -2.14. The molecule has 0 bridgehead atoms. The van der Waals surface area contributed by atoms with Gasteiger partial charge in [-0.05, 0) is 50.1 Å². The number of hydrogen-bond donors (Lipinski definition) is 3. The normalized spacial score (nSPS) is 14.1. The fourth-order valence-corrected chi connectivity index (χ4v) is 2.27. The molecule has 3 rings (SSSR count). The molecule has 0 spiro atoms. The lowest BCUT2D eigenvalue weighted by atomic mass is 10.1. The van der Waals surface area contributed by atoms with Gasteiger partial charge in [-0.15, -0.1) is 0 Å². The number of phenols is 1. The summed E-state index contributed by atoms with van der Waals surface area (Å²) in [6, 6.07) is 6.98. The number of aromatic hydroxyl groups is 1. The molecule has 1 fully saturated rings. The van der Waals surface area contributed by atoms with E-state index in [1.165, 1.54) is 12.8 Å². The van der Waals surface area contributed by atoms with Crippen LogP contribution in [-0.4, -0.2) is 28.2 Å². The molecular weight excluding hydrogens is 264 g/mol. The van der Waals surface area contributed by atoms with Crippen LogP contribution in [0.4, 0.5) is 5.69 Å². The molecule has 1 aromatic heterocycles. The smallest absolute Gasteiger partial charge is 0.159 e. The van der Waals surface area contributed by atoms with Gasteiger partial charge in [0, 0.05) is 18.0 Å². The second kappa shape index (κ2) is 6.10. The van der Waals surface area contributed by atoms with Crippen molar-refractivity contribution in [2.24, 2.45) is 5.73 Å². The summed E-state index contributed by atoms with van der Waals surface area (Å²) in [6.07, 6.45) is 5.18. The predicted octanol–water partition coefficient (Wildman–Crippen LogP) is 2.49. The number of hydrogen-bond acceptors (Lipinski definition) is 5. The first-order valence-corrected chi connectivity index (χ1v) is 7.38. The predicted molar refractivity (Wildman–Crippen MR) is 83.3 cm³/mol. The SMILES string of the molecule is NCCCNc1cnc(-c2ccc(O)cc2)nc1C1CC1. The number of phenolic OH excluding ortho intramolecular Hbond substituents is 1. The summed E-state index contributed by atoms with van der Waals surface area (Å²) in [7, 11) is 0. The Morgan fingerprint density at radius 2 is 2.00 bits per heavy atom. The minimum atomic E-state index is 0.251. The van der Waals surface area contributed by atoms with Crippen molar-refractivity contribution in [1.82, 2.24) is 9.97 Å². The third-order valence-corrected chi connectivity index (χ3v) is 3.60.